The molecule has 0 aliphatic rings. The van der Waals surface area contributed by atoms with Crippen molar-refractivity contribution >= 4 is 27.5 Å². The van der Waals surface area contributed by atoms with Crippen LogP contribution in [0, 0.1) is 6.92 Å². The number of benzene rings is 1. The average molecular weight is 310 g/mol. The number of aromatic nitrogens is 1. The quantitative estimate of drug-likeness (QED) is 0.852. The van der Waals surface area contributed by atoms with E-state index in [1.807, 2.05) is 6.92 Å². The summed E-state index contributed by atoms with van der Waals surface area (Å²) in [4.78, 5) is 11.8. The summed E-state index contributed by atoms with van der Waals surface area (Å²) in [6.07, 6.45) is 0. The van der Waals surface area contributed by atoms with Crippen LogP contribution in [0.25, 0.3) is 0 Å². The molecule has 0 aliphatic carbocycles. The van der Waals surface area contributed by atoms with E-state index >= 15 is 0 Å². The minimum absolute atomic E-state index is 0.205. The topological polar surface area (TPSA) is 81.2 Å². The Morgan fingerprint density at radius 1 is 1.50 bits per heavy atom. The van der Waals surface area contributed by atoms with Gasteiger partial charge < -0.3 is 15.6 Å². The highest BCUT2D eigenvalue weighted by atomic mass is 79.9. The van der Waals surface area contributed by atoms with Crippen molar-refractivity contribution in [2.24, 2.45) is 0 Å². The number of nitrogens with two attached hydrogens (primary N) is 1. The van der Waals surface area contributed by atoms with E-state index in [9.17, 15) is 4.79 Å². The Kier molecular flexibility index (Phi) is 3.66. The van der Waals surface area contributed by atoms with Crippen LogP contribution in [0.4, 0.5) is 5.69 Å². The van der Waals surface area contributed by atoms with Crippen LogP contribution < -0.4 is 11.1 Å². The highest BCUT2D eigenvalue weighted by Gasteiger charge is 2.08. The predicted octanol–water partition coefficient (Wildman–Crippen LogP) is 2.26. The first-order valence-corrected chi connectivity index (χ1v) is 6.11. The number of aryl methyl sites for hydroxylation is 1. The van der Waals surface area contributed by atoms with Crippen LogP contribution in [0.15, 0.2) is 33.3 Å². The third-order valence-electron chi connectivity index (χ3n) is 2.36. The van der Waals surface area contributed by atoms with Crippen LogP contribution in [-0.2, 0) is 6.54 Å². The summed E-state index contributed by atoms with van der Waals surface area (Å²) in [5, 5.41) is 6.47. The van der Waals surface area contributed by atoms with E-state index in [0.29, 0.717) is 23.6 Å². The summed E-state index contributed by atoms with van der Waals surface area (Å²) in [7, 11) is 0. The highest BCUT2D eigenvalue weighted by molar-refractivity contribution is 9.10. The van der Waals surface area contributed by atoms with Crippen molar-refractivity contribution in [3.05, 3.63) is 45.8 Å². The number of halogens is 1. The third kappa shape index (κ3) is 2.89. The lowest BCUT2D eigenvalue weighted by Crippen LogP contribution is -2.22. The predicted molar refractivity (Wildman–Crippen MR) is 71.0 cm³/mol. The molecule has 0 fully saturated rings. The monoisotopic (exact) mass is 309 g/mol. The van der Waals surface area contributed by atoms with Gasteiger partial charge in [-0.3, -0.25) is 4.79 Å². The van der Waals surface area contributed by atoms with Crippen LogP contribution in [0.5, 0.6) is 0 Å². The van der Waals surface area contributed by atoms with E-state index in [4.69, 9.17) is 10.3 Å². The van der Waals surface area contributed by atoms with Gasteiger partial charge in [-0.25, -0.2) is 0 Å². The molecular weight excluding hydrogens is 298 g/mol. The van der Waals surface area contributed by atoms with Crippen molar-refractivity contribution in [1.29, 1.82) is 0 Å². The zero-order chi connectivity index (χ0) is 13.1. The molecule has 2 aromatic rings. The second-order valence-corrected chi connectivity index (χ2v) is 4.71. The standard InChI is InChI=1S/C12H12BrN3O2/c1-7-4-9(18-16-7)6-15-12(17)8-2-3-10(13)11(14)5-8/h2-5H,6,14H2,1H3,(H,15,17). The molecular formula is C12H12BrN3O2. The lowest BCUT2D eigenvalue weighted by molar-refractivity contribution is 0.0947. The van der Waals surface area contributed by atoms with Crippen LogP contribution >= 0.6 is 15.9 Å². The molecule has 6 heteroatoms. The van der Waals surface area contributed by atoms with Crippen LogP contribution in [0.2, 0.25) is 0 Å². The summed E-state index contributed by atoms with van der Waals surface area (Å²) < 4.78 is 5.76. The molecule has 0 saturated carbocycles. The maximum absolute atomic E-state index is 11.8. The van der Waals surface area contributed by atoms with Crippen molar-refractivity contribution in [2.45, 2.75) is 13.5 Å². The number of anilines is 1. The van der Waals surface area contributed by atoms with Crippen molar-refractivity contribution < 1.29 is 9.32 Å². The van der Waals surface area contributed by atoms with Crippen LogP contribution in [0.3, 0.4) is 0 Å². The van der Waals surface area contributed by atoms with Gasteiger partial charge in [0.05, 0.1) is 12.2 Å². The van der Waals surface area contributed by atoms with Crippen LogP contribution in [-0.4, -0.2) is 11.1 Å². The lowest BCUT2D eigenvalue weighted by atomic mass is 10.2. The Morgan fingerprint density at radius 2 is 2.28 bits per heavy atom. The SMILES string of the molecule is Cc1cc(CNC(=O)c2ccc(Br)c(N)c2)on1. The van der Waals surface area contributed by atoms with E-state index in [1.165, 1.54) is 0 Å². The molecule has 3 N–H and O–H groups in total. The Morgan fingerprint density at radius 3 is 2.89 bits per heavy atom. The maximum atomic E-state index is 11.8. The summed E-state index contributed by atoms with van der Waals surface area (Å²) in [5.74, 6) is 0.411. The first-order valence-electron chi connectivity index (χ1n) is 5.31. The first kappa shape index (κ1) is 12.6. The molecule has 2 rings (SSSR count). The second-order valence-electron chi connectivity index (χ2n) is 3.85. The molecule has 1 heterocycles. The number of nitrogens with one attached hydrogen (secondary N) is 1. The fourth-order valence-electron chi connectivity index (χ4n) is 1.45. The minimum atomic E-state index is -0.205. The van der Waals surface area contributed by atoms with E-state index in [1.54, 1.807) is 24.3 Å². The number of hydrogen-bond acceptors (Lipinski definition) is 4. The number of hydrogen-bond donors (Lipinski definition) is 2. The molecule has 0 spiro atoms. The zero-order valence-electron chi connectivity index (χ0n) is 9.74. The number of nitrogens with zero attached hydrogens (tertiary/aromatic N) is 1. The van der Waals surface area contributed by atoms with Gasteiger partial charge in [-0.15, -0.1) is 0 Å². The third-order valence-corrected chi connectivity index (χ3v) is 3.08. The molecule has 0 unspecified atom stereocenters. The van der Waals surface area contributed by atoms with E-state index in [2.05, 4.69) is 26.4 Å². The fraction of sp³-hybridized carbons (Fsp3) is 0.167. The van der Waals surface area contributed by atoms with Gasteiger partial charge in [0.2, 0.25) is 0 Å². The van der Waals surface area contributed by atoms with Crippen LogP contribution in [0.1, 0.15) is 21.8 Å². The largest absolute Gasteiger partial charge is 0.398 e. The van der Waals surface area contributed by atoms with Gasteiger partial charge in [0, 0.05) is 21.8 Å². The van der Waals surface area contributed by atoms with Crippen molar-refractivity contribution in [2.75, 3.05) is 5.73 Å². The maximum Gasteiger partial charge on any atom is 0.251 e. The molecule has 1 aromatic heterocycles. The van der Waals surface area contributed by atoms with Gasteiger partial charge in [0.25, 0.3) is 5.91 Å². The molecule has 1 amide bonds. The molecule has 0 atom stereocenters. The first-order chi connectivity index (χ1) is 8.56. The summed E-state index contributed by atoms with van der Waals surface area (Å²) in [6, 6.07) is 6.82. The molecule has 0 saturated heterocycles. The normalized spacial score (nSPS) is 10.3. The lowest BCUT2D eigenvalue weighted by Gasteiger charge is -2.04. The molecule has 1 aromatic carbocycles. The van der Waals surface area contributed by atoms with Gasteiger partial charge in [-0.05, 0) is 41.1 Å². The minimum Gasteiger partial charge on any atom is -0.398 e. The van der Waals surface area contributed by atoms with Gasteiger partial charge in [-0.2, -0.15) is 0 Å². The summed E-state index contributed by atoms with van der Waals surface area (Å²) in [5.41, 5.74) is 7.53. The molecule has 5 nitrogen and oxygen atoms in total. The average Bonchev–Trinajstić information content (AvgIpc) is 2.75. The molecule has 0 aliphatic heterocycles. The van der Waals surface area contributed by atoms with Gasteiger partial charge >= 0.3 is 0 Å². The fourth-order valence-corrected chi connectivity index (χ4v) is 1.70. The summed E-state index contributed by atoms with van der Waals surface area (Å²) >= 11 is 3.28. The van der Waals surface area contributed by atoms with Crippen molar-refractivity contribution in [3.63, 3.8) is 0 Å². The van der Waals surface area contributed by atoms with E-state index in [-0.39, 0.29) is 5.91 Å². The Hall–Kier alpha value is -1.82. The number of rotatable bonds is 3. The van der Waals surface area contributed by atoms with Gasteiger partial charge in [-0.1, -0.05) is 5.16 Å². The molecule has 0 bridgehead atoms. The number of nitrogen functional groups attached to an aromatic ring is 1. The highest BCUT2D eigenvalue weighted by Crippen LogP contribution is 2.20. The molecule has 94 valence electrons. The number of carbonyl (C=O) groups is 1. The van der Waals surface area contributed by atoms with Gasteiger partial charge in [0.1, 0.15) is 0 Å². The van der Waals surface area contributed by atoms with E-state index in [0.717, 1.165) is 10.2 Å². The summed E-state index contributed by atoms with van der Waals surface area (Å²) in [6.45, 7) is 2.12. The Balaban J connectivity index is 2.01. The Labute approximate surface area is 112 Å². The van der Waals surface area contributed by atoms with E-state index < -0.39 is 0 Å². The number of amides is 1. The molecule has 0 radical (unpaired) electrons. The van der Waals surface area contributed by atoms with Gasteiger partial charge in [0.15, 0.2) is 5.76 Å². The smallest absolute Gasteiger partial charge is 0.251 e. The number of carbonyl (C=O) groups excluding carboxylic acids is 1. The zero-order valence-corrected chi connectivity index (χ0v) is 11.3. The Bertz CT molecular complexity index is 580. The van der Waals surface area contributed by atoms with Crippen molar-refractivity contribution in [3.8, 4) is 0 Å². The molecule has 18 heavy (non-hydrogen) atoms. The van der Waals surface area contributed by atoms with Crippen molar-refractivity contribution in [1.82, 2.24) is 10.5 Å². The second kappa shape index (κ2) is 5.22.